The summed E-state index contributed by atoms with van der Waals surface area (Å²) in [6, 6.07) is 12.7. The van der Waals surface area contributed by atoms with Crippen molar-refractivity contribution in [2.24, 2.45) is 0 Å². The minimum absolute atomic E-state index is 0.157. The van der Waals surface area contributed by atoms with E-state index in [1.807, 2.05) is 26.0 Å². The number of aryl methyl sites for hydroxylation is 2. The van der Waals surface area contributed by atoms with Gasteiger partial charge in [0.25, 0.3) is 0 Å². The topological polar surface area (TPSA) is 35.2 Å². The molecule has 110 valence electrons. The molecule has 2 nitrogen and oxygen atoms in total. The molecular formula is C18H21NOS. The molecular weight excluding hydrogens is 278 g/mol. The Kier molecular flexibility index (Phi) is 4.11. The Bertz CT molecular complexity index is 652. The van der Waals surface area contributed by atoms with Gasteiger partial charge in [0.15, 0.2) is 0 Å². The first-order chi connectivity index (χ1) is 10.1. The fourth-order valence-corrected chi connectivity index (χ4v) is 3.72. The van der Waals surface area contributed by atoms with Gasteiger partial charge >= 0.3 is 0 Å². The van der Waals surface area contributed by atoms with Gasteiger partial charge in [0.2, 0.25) is 0 Å². The van der Waals surface area contributed by atoms with Crippen LogP contribution in [-0.4, -0.2) is 6.10 Å². The number of fused-ring (bicyclic) bond motifs is 1. The molecule has 0 bridgehead atoms. The number of nitrogens with two attached hydrogens (primary N) is 1. The molecule has 3 rings (SSSR count). The van der Waals surface area contributed by atoms with Gasteiger partial charge in [0, 0.05) is 21.5 Å². The first-order valence-corrected chi connectivity index (χ1v) is 8.29. The standard InChI is InChI=1S/C18H21NOS/c1-12(2)20-16-9-15(19)10-18(11-16)21-17-7-6-13-4-3-5-14(13)8-17/h6-12H,3-5,19H2,1-2H3. The maximum atomic E-state index is 5.99. The molecule has 0 saturated heterocycles. The zero-order valence-corrected chi connectivity index (χ0v) is 13.4. The second kappa shape index (κ2) is 6.02. The van der Waals surface area contributed by atoms with Crippen molar-refractivity contribution in [3.05, 3.63) is 47.5 Å². The maximum absolute atomic E-state index is 5.99. The van der Waals surface area contributed by atoms with Crippen LogP contribution in [0.25, 0.3) is 0 Å². The molecule has 0 radical (unpaired) electrons. The summed E-state index contributed by atoms with van der Waals surface area (Å²) in [5.74, 6) is 0.841. The Hall–Kier alpha value is -1.61. The quantitative estimate of drug-likeness (QED) is 0.831. The minimum Gasteiger partial charge on any atom is -0.491 e. The normalized spacial score (nSPS) is 13.5. The number of hydrogen-bond donors (Lipinski definition) is 1. The van der Waals surface area contributed by atoms with Gasteiger partial charge in [-0.15, -0.1) is 0 Å². The lowest BCUT2D eigenvalue weighted by Crippen LogP contribution is -2.05. The predicted molar refractivity (Wildman–Crippen MR) is 89.2 cm³/mol. The van der Waals surface area contributed by atoms with Gasteiger partial charge in [-0.3, -0.25) is 0 Å². The van der Waals surface area contributed by atoms with E-state index >= 15 is 0 Å². The van der Waals surface area contributed by atoms with Crippen LogP contribution in [0, 0.1) is 0 Å². The molecule has 0 unspecified atom stereocenters. The predicted octanol–water partition coefficient (Wildman–Crippen LogP) is 4.70. The van der Waals surface area contributed by atoms with Crippen molar-refractivity contribution in [3.63, 3.8) is 0 Å². The second-order valence-electron chi connectivity index (χ2n) is 5.79. The number of ether oxygens (including phenoxy) is 1. The summed E-state index contributed by atoms with van der Waals surface area (Å²) in [5, 5.41) is 0. The van der Waals surface area contributed by atoms with Crippen molar-refractivity contribution in [1.29, 1.82) is 0 Å². The van der Waals surface area contributed by atoms with Gasteiger partial charge in [0.05, 0.1) is 6.10 Å². The Balaban J connectivity index is 1.82. The Morgan fingerprint density at radius 1 is 1.00 bits per heavy atom. The van der Waals surface area contributed by atoms with Crippen LogP contribution in [-0.2, 0) is 12.8 Å². The van der Waals surface area contributed by atoms with Crippen molar-refractivity contribution < 1.29 is 4.74 Å². The molecule has 0 spiro atoms. The molecule has 0 amide bonds. The van der Waals surface area contributed by atoms with Crippen LogP contribution in [0.4, 0.5) is 5.69 Å². The second-order valence-corrected chi connectivity index (χ2v) is 6.94. The molecule has 2 aromatic rings. The third-order valence-corrected chi connectivity index (χ3v) is 4.54. The molecule has 2 aromatic carbocycles. The lowest BCUT2D eigenvalue weighted by molar-refractivity contribution is 0.242. The van der Waals surface area contributed by atoms with Crippen LogP contribution in [0.1, 0.15) is 31.4 Å². The largest absolute Gasteiger partial charge is 0.491 e. The number of anilines is 1. The number of rotatable bonds is 4. The number of hydrogen-bond acceptors (Lipinski definition) is 3. The van der Waals surface area contributed by atoms with E-state index in [0.29, 0.717) is 0 Å². The molecule has 2 N–H and O–H groups in total. The Morgan fingerprint density at radius 2 is 1.81 bits per heavy atom. The molecule has 0 atom stereocenters. The van der Waals surface area contributed by atoms with Crippen LogP contribution in [0.2, 0.25) is 0 Å². The fourth-order valence-electron chi connectivity index (χ4n) is 2.74. The Labute approximate surface area is 130 Å². The third kappa shape index (κ3) is 3.53. The average Bonchev–Trinajstić information content (AvgIpc) is 2.84. The summed E-state index contributed by atoms with van der Waals surface area (Å²) in [7, 11) is 0. The highest BCUT2D eigenvalue weighted by Gasteiger charge is 2.11. The fraction of sp³-hybridized carbons (Fsp3) is 0.333. The molecule has 21 heavy (non-hydrogen) atoms. The van der Waals surface area contributed by atoms with Crippen LogP contribution in [0.15, 0.2) is 46.2 Å². The SMILES string of the molecule is CC(C)Oc1cc(N)cc(Sc2ccc3c(c2)CCC3)c1. The molecule has 1 aliphatic carbocycles. The summed E-state index contributed by atoms with van der Waals surface area (Å²) in [4.78, 5) is 2.40. The van der Waals surface area contributed by atoms with E-state index in [9.17, 15) is 0 Å². The van der Waals surface area contributed by atoms with Crippen molar-refractivity contribution in [3.8, 4) is 5.75 Å². The van der Waals surface area contributed by atoms with Crippen LogP contribution >= 0.6 is 11.8 Å². The van der Waals surface area contributed by atoms with Crippen molar-refractivity contribution in [2.45, 2.75) is 49.0 Å². The summed E-state index contributed by atoms with van der Waals surface area (Å²) < 4.78 is 5.75. The zero-order chi connectivity index (χ0) is 14.8. The Morgan fingerprint density at radius 3 is 2.62 bits per heavy atom. The summed E-state index contributed by atoms with van der Waals surface area (Å²) >= 11 is 1.75. The van der Waals surface area contributed by atoms with Crippen molar-refractivity contribution in [2.75, 3.05) is 5.73 Å². The van der Waals surface area contributed by atoms with E-state index in [1.54, 1.807) is 11.8 Å². The van der Waals surface area contributed by atoms with E-state index in [4.69, 9.17) is 10.5 Å². The van der Waals surface area contributed by atoms with Crippen LogP contribution < -0.4 is 10.5 Å². The van der Waals surface area contributed by atoms with Gasteiger partial charge in [-0.2, -0.15) is 0 Å². The van der Waals surface area contributed by atoms with Gasteiger partial charge in [-0.1, -0.05) is 17.8 Å². The average molecular weight is 299 g/mol. The van der Waals surface area contributed by atoms with Crippen LogP contribution in [0.3, 0.4) is 0 Å². The number of nitrogen functional groups attached to an aromatic ring is 1. The first-order valence-electron chi connectivity index (χ1n) is 7.47. The van der Waals surface area contributed by atoms with E-state index < -0.39 is 0 Å². The molecule has 3 heteroatoms. The van der Waals surface area contributed by atoms with Gasteiger partial charge in [-0.25, -0.2) is 0 Å². The number of benzene rings is 2. The molecule has 1 aliphatic rings. The van der Waals surface area contributed by atoms with Gasteiger partial charge in [-0.05, 0) is 68.5 Å². The lowest BCUT2D eigenvalue weighted by atomic mass is 10.1. The third-order valence-electron chi connectivity index (χ3n) is 3.58. The van der Waals surface area contributed by atoms with Crippen molar-refractivity contribution >= 4 is 17.4 Å². The summed E-state index contributed by atoms with van der Waals surface area (Å²) in [6.07, 6.45) is 3.88. The lowest BCUT2D eigenvalue weighted by Gasteiger charge is -2.12. The van der Waals surface area contributed by atoms with Crippen LogP contribution in [0.5, 0.6) is 5.75 Å². The van der Waals surface area contributed by atoms with E-state index in [2.05, 4.69) is 24.3 Å². The zero-order valence-electron chi connectivity index (χ0n) is 12.6. The minimum atomic E-state index is 0.157. The molecule has 0 aromatic heterocycles. The smallest absolute Gasteiger partial charge is 0.122 e. The molecule has 0 saturated carbocycles. The highest BCUT2D eigenvalue weighted by Crippen LogP contribution is 2.35. The highest BCUT2D eigenvalue weighted by molar-refractivity contribution is 7.99. The first kappa shape index (κ1) is 14.3. The van der Waals surface area contributed by atoms with E-state index in [0.717, 1.165) is 16.3 Å². The molecule has 0 fully saturated rings. The van der Waals surface area contributed by atoms with E-state index in [1.165, 1.54) is 35.3 Å². The molecule has 0 heterocycles. The monoisotopic (exact) mass is 299 g/mol. The molecule has 0 aliphatic heterocycles. The summed E-state index contributed by atoms with van der Waals surface area (Å²) in [6.45, 7) is 4.05. The van der Waals surface area contributed by atoms with Gasteiger partial charge < -0.3 is 10.5 Å². The van der Waals surface area contributed by atoms with Gasteiger partial charge in [0.1, 0.15) is 5.75 Å². The van der Waals surface area contributed by atoms with Crippen molar-refractivity contribution in [1.82, 2.24) is 0 Å². The summed E-state index contributed by atoms with van der Waals surface area (Å²) in [5.41, 5.74) is 9.75. The maximum Gasteiger partial charge on any atom is 0.122 e. The highest BCUT2D eigenvalue weighted by atomic mass is 32.2. The van der Waals surface area contributed by atoms with E-state index in [-0.39, 0.29) is 6.10 Å².